The highest BCUT2D eigenvalue weighted by Gasteiger charge is 2.24. The van der Waals surface area contributed by atoms with Crippen molar-refractivity contribution in [3.8, 4) is 5.75 Å². The summed E-state index contributed by atoms with van der Waals surface area (Å²) in [5.74, 6) is 0.592. The van der Waals surface area contributed by atoms with Gasteiger partial charge in [-0.3, -0.25) is 4.57 Å². The first-order valence-electron chi connectivity index (χ1n) is 11.1. The molecular formula is C25H30NO6PS. The van der Waals surface area contributed by atoms with Gasteiger partial charge in [-0.25, -0.2) is 13.1 Å². The third-order valence-corrected chi connectivity index (χ3v) is 8.37. The van der Waals surface area contributed by atoms with Gasteiger partial charge in [-0.2, -0.15) is 0 Å². The summed E-state index contributed by atoms with van der Waals surface area (Å²) in [6, 6.07) is 23.2. The summed E-state index contributed by atoms with van der Waals surface area (Å²) in [7, 11) is -6.87. The Labute approximate surface area is 201 Å². The van der Waals surface area contributed by atoms with Crippen LogP contribution in [0.15, 0.2) is 83.8 Å². The molecule has 7 nitrogen and oxygen atoms in total. The van der Waals surface area contributed by atoms with E-state index in [2.05, 4.69) is 4.72 Å². The molecule has 0 aliphatic rings. The largest absolute Gasteiger partial charge is 0.489 e. The summed E-state index contributed by atoms with van der Waals surface area (Å²) < 4.78 is 57.0. The van der Waals surface area contributed by atoms with Gasteiger partial charge in [-0.15, -0.1) is 0 Å². The fraction of sp³-hybridized carbons (Fsp3) is 0.280. The lowest BCUT2D eigenvalue weighted by Crippen LogP contribution is -2.23. The third kappa shape index (κ3) is 7.79. The van der Waals surface area contributed by atoms with E-state index in [9.17, 15) is 13.0 Å². The van der Waals surface area contributed by atoms with Crippen molar-refractivity contribution in [1.82, 2.24) is 4.72 Å². The molecule has 0 aromatic heterocycles. The molecule has 34 heavy (non-hydrogen) atoms. The average Bonchev–Trinajstić information content (AvgIpc) is 2.83. The van der Waals surface area contributed by atoms with Gasteiger partial charge in [0, 0.05) is 6.54 Å². The quantitative estimate of drug-likeness (QED) is 0.309. The summed E-state index contributed by atoms with van der Waals surface area (Å²) in [5.41, 5.74) is 2.60. The Balaban J connectivity index is 1.55. The van der Waals surface area contributed by atoms with Gasteiger partial charge in [0.15, 0.2) is 0 Å². The molecule has 0 atom stereocenters. The SMILES string of the molecule is CCOP(=O)(Cc1ccc(CNS(=O)(=O)c2ccc(OCc3ccccc3)cc2)cc1)OCC. The summed E-state index contributed by atoms with van der Waals surface area (Å²) >= 11 is 0. The molecule has 0 amide bonds. The van der Waals surface area contributed by atoms with Crippen molar-refractivity contribution in [3.63, 3.8) is 0 Å². The number of hydrogen-bond acceptors (Lipinski definition) is 6. The van der Waals surface area contributed by atoms with Gasteiger partial charge in [0.25, 0.3) is 0 Å². The van der Waals surface area contributed by atoms with Crippen LogP contribution in [0, 0.1) is 0 Å². The molecule has 0 fully saturated rings. The molecule has 0 aliphatic carbocycles. The van der Waals surface area contributed by atoms with Crippen molar-refractivity contribution >= 4 is 17.6 Å². The van der Waals surface area contributed by atoms with E-state index < -0.39 is 17.6 Å². The molecule has 3 rings (SSSR count). The summed E-state index contributed by atoms with van der Waals surface area (Å²) in [6.45, 7) is 4.68. The highest BCUT2D eigenvalue weighted by molar-refractivity contribution is 7.89. The zero-order chi connectivity index (χ0) is 24.4. The minimum absolute atomic E-state index is 0.128. The van der Waals surface area contributed by atoms with Crippen LogP contribution in [0.4, 0.5) is 0 Å². The Morgan fingerprint density at radius 3 is 1.94 bits per heavy atom. The van der Waals surface area contributed by atoms with Gasteiger partial charge < -0.3 is 13.8 Å². The lowest BCUT2D eigenvalue weighted by atomic mass is 10.1. The number of benzene rings is 3. The standard InChI is InChI=1S/C25H30NO6PS/c1-3-31-33(27,32-4-2)20-23-12-10-21(11-13-23)18-26-34(28,29)25-16-14-24(15-17-25)30-19-22-8-6-5-7-9-22/h5-17,26H,3-4,18-20H2,1-2H3. The van der Waals surface area contributed by atoms with E-state index in [1.165, 1.54) is 12.1 Å². The van der Waals surface area contributed by atoms with Crippen molar-refractivity contribution < 1.29 is 26.8 Å². The van der Waals surface area contributed by atoms with Crippen LogP contribution in [0.5, 0.6) is 5.75 Å². The molecule has 0 spiro atoms. The van der Waals surface area contributed by atoms with E-state index in [0.717, 1.165) is 16.7 Å². The molecule has 0 heterocycles. The van der Waals surface area contributed by atoms with Crippen LogP contribution in [-0.2, 0) is 42.9 Å². The zero-order valence-electron chi connectivity index (χ0n) is 19.3. The Morgan fingerprint density at radius 2 is 1.35 bits per heavy atom. The second kappa shape index (κ2) is 12.3. The molecule has 0 radical (unpaired) electrons. The Bertz CT molecular complexity index is 1170. The Kier molecular flexibility index (Phi) is 9.45. The molecule has 1 N–H and O–H groups in total. The van der Waals surface area contributed by atoms with E-state index in [0.29, 0.717) is 25.6 Å². The molecule has 0 saturated carbocycles. The van der Waals surface area contributed by atoms with Crippen molar-refractivity contribution in [2.75, 3.05) is 13.2 Å². The third-order valence-electron chi connectivity index (χ3n) is 4.90. The molecule has 3 aromatic rings. The van der Waals surface area contributed by atoms with Gasteiger partial charge in [0.1, 0.15) is 12.4 Å². The van der Waals surface area contributed by atoms with Gasteiger partial charge in [0.2, 0.25) is 10.0 Å². The molecule has 9 heteroatoms. The van der Waals surface area contributed by atoms with E-state index in [1.807, 2.05) is 30.3 Å². The predicted octanol–water partition coefficient (Wildman–Crippen LogP) is 5.51. The molecule has 0 aliphatic heterocycles. The van der Waals surface area contributed by atoms with E-state index >= 15 is 0 Å². The lowest BCUT2D eigenvalue weighted by molar-refractivity contribution is 0.219. The second-order valence-corrected chi connectivity index (χ2v) is 11.3. The van der Waals surface area contributed by atoms with Crippen LogP contribution >= 0.6 is 7.60 Å². The van der Waals surface area contributed by atoms with Crippen LogP contribution in [-0.4, -0.2) is 21.6 Å². The highest BCUT2D eigenvalue weighted by atomic mass is 32.2. The van der Waals surface area contributed by atoms with Gasteiger partial charge in [-0.1, -0.05) is 54.6 Å². The molecular weight excluding hydrogens is 473 g/mol. The Hall–Kier alpha value is -2.48. The van der Waals surface area contributed by atoms with Crippen LogP contribution in [0.3, 0.4) is 0 Å². The normalized spacial score (nSPS) is 11.9. The molecule has 0 unspecified atom stereocenters. The first-order valence-corrected chi connectivity index (χ1v) is 14.3. The van der Waals surface area contributed by atoms with E-state index in [4.69, 9.17) is 13.8 Å². The van der Waals surface area contributed by atoms with E-state index in [1.54, 1.807) is 50.2 Å². The van der Waals surface area contributed by atoms with Gasteiger partial charge in [-0.05, 0) is 54.8 Å². The fourth-order valence-corrected chi connectivity index (χ4v) is 5.95. The Morgan fingerprint density at radius 1 is 0.765 bits per heavy atom. The summed E-state index contributed by atoms with van der Waals surface area (Å²) in [6.07, 6.45) is 0.166. The first kappa shape index (κ1) is 26.1. The van der Waals surface area contributed by atoms with Crippen molar-refractivity contribution in [1.29, 1.82) is 0 Å². The maximum atomic E-state index is 12.7. The maximum Gasteiger partial charge on any atom is 0.335 e. The monoisotopic (exact) mass is 503 g/mol. The van der Waals surface area contributed by atoms with Gasteiger partial charge >= 0.3 is 7.60 Å². The number of nitrogens with one attached hydrogen (secondary N) is 1. The smallest absolute Gasteiger partial charge is 0.335 e. The predicted molar refractivity (Wildman–Crippen MR) is 132 cm³/mol. The number of rotatable bonds is 13. The van der Waals surface area contributed by atoms with Crippen LogP contribution in [0.1, 0.15) is 30.5 Å². The minimum Gasteiger partial charge on any atom is -0.489 e. The molecule has 0 saturated heterocycles. The molecule has 3 aromatic carbocycles. The number of sulfonamides is 1. The highest BCUT2D eigenvalue weighted by Crippen LogP contribution is 2.51. The number of hydrogen-bond donors (Lipinski definition) is 1. The molecule has 182 valence electrons. The van der Waals surface area contributed by atoms with Crippen LogP contribution < -0.4 is 9.46 Å². The first-order chi connectivity index (χ1) is 16.3. The second-order valence-electron chi connectivity index (χ2n) is 7.49. The van der Waals surface area contributed by atoms with Crippen molar-refractivity contribution in [3.05, 3.63) is 95.6 Å². The average molecular weight is 504 g/mol. The minimum atomic E-state index is -3.69. The lowest BCUT2D eigenvalue weighted by Gasteiger charge is -2.17. The fourth-order valence-electron chi connectivity index (χ4n) is 3.23. The van der Waals surface area contributed by atoms with Gasteiger partial charge in [0.05, 0.1) is 24.3 Å². The molecule has 0 bridgehead atoms. The van der Waals surface area contributed by atoms with Crippen molar-refractivity contribution in [2.45, 2.75) is 38.1 Å². The van der Waals surface area contributed by atoms with E-state index in [-0.39, 0.29) is 17.6 Å². The topological polar surface area (TPSA) is 90.9 Å². The summed E-state index contributed by atoms with van der Waals surface area (Å²) in [5, 5.41) is 0. The van der Waals surface area contributed by atoms with Crippen LogP contribution in [0.2, 0.25) is 0 Å². The zero-order valence-corrected chi connectivity index (χ0v) is 21.1. The number of ether oxygens (including phenoxy) is 1. The van der Waals surface area contributed by atoms with Crippen molar-refractivity contribution in [2.24, 2.45) is 0 Å². The maximum absolute atomic E-state index is 12.7. The van der Waals surface area contributed by atoms with Crippen LogP contribution in [0.25, 0.3) is 0 Å². The summed E-state index contributed by atoms with van der Waals surface area (Å²) in [4.78, 5) is 0.158.